The molecule has 2 aromatic rings. The predicted molar refractivity (Wildman–Crippen MR) is 120 cm³/mol. The molecule has 0 aliphatic heterocycles. The van der Waals surface area contributed by atoms with E-state index in [1.165, 1.54) is 62.6 Å². The van der Waals surface area contributed by atoms with Gasteiger partial charge in [0.15, 0.2) is 0 Å². The molecule has 0 bridgehead atoms. The van der Waals surface area contributed by atoms with Crippen LogP contribution in [0, 0.1) is 0 Å². The molecule has 154 valence electrons. The van der Waals surface area contributed by atoms with Crippen LogP contribution in [0.15, 0.2) is 48.5 Å². The van der Waals surface area contributed by atoms with Gasteiger partial charge in [-0.15, -0.1) is 0 Å². The van der Waals surface area contributed by atoms with E-state index in [1.54, 1.807) is 14.2 Å². The summed E-state index contributed by atoms with van der Waals surface area (Å²) >= 11 is 0. The molecule has 0 heterocycles. The molecule has 0 N–H and O–H groups in total. The van der Waals surface area contributed by atoms with E-state index in [4.69, 9.17) is 9.47 Å². The van der Waals surface area contributed by atoms with Crippen LogP contribution < -0.4 is 14.4 Å². The summed E-state index contributed by atoms with van der Waals surface area (Å²) in [4.78, 5) is 2.47. The lowest BCUT2D eigenvalue weighted by molar-refractivity contribution is 0.414. The first kappa shape index (κ1) is 22.1. The fourth-order valence-corrected chi connectivity index (χ4v) is 3.48. The molecule has 3 heteroatoms. The molecule has 0 amide bonds. The Kier molecular flexibility index (Phi) is 10.3. The van der Waals surface area contributed by atoms with Crippen LogP contribution in [0.25, 0.3) is 0 Å². The molecule has 0 aromatic heterocycles. The number of hydrogen-bond acceptors (Lipinski definition) is 3. The van der Waals surface area contributed by atoms with Gasteiger partial charge in [-0.2, -0.15) is 0 Å². The molecule has 0 radical (unpaired) electrons. The van der Waals surface area contributed by atoms with E-state index >= 15 is 0 Å². The third-order valence-electron chi connectivity index (χ3n) is 5.25. The number of anilines is 1. The Hall–Kier alpha value is -2.16. The first-order chi connectivity index (χ1) is 13.8. The van der Waals surface area contributed by atoms with Crippen LogP contribution in [-0.2, 0) is 6.54 Å². The zero-order valence-electron chi connectivity index (χ0n) is 18.0. The fraction of sp³-hybridized carbons (Fsp3) is 0.520. The van der Waals surface area contributed by atoms with Crippen molar-refractivity contribution in [3.63, 3.8) is 0 Å². The van der Waals surface area contributed by atoms with E-state index in [0.717, 1.165) is 24.6 Å². The number of hydrogen-bond donors (Lipinski definition) is 0. The molecule has 2 aromatic carbocycles. The molecule has 3 nitrogen and oxygen atoms in total. The molecule has 28 heavy (non-hydrogen) atoms. The van der Waals surface area contributed by atoms with Crippen molar-refractivity contribution in [1.29, 1.82) is 0 Å². The molecule has 0 aliphatic carbocycles. The Morgan fingerprint density at radius 2 is 1.14 bits per heavy atom. The highest BCUT2D eigenvalue weighted by Gasteiger charge is 2.08. The summed E-state index contributed by atoms with van der Waals surface area (Å²) < 4.78 is 10.6. The van der Waals surface area contributed by atoms with E-state index in [2.05, 4.69) is 36.1 Å². The van der Waals surface area contributed by atoms with Crippen molar-refractivity contribution in [3.05, 3.63) is 54.1 Å². The van der Waals surface area contributed by atoms with E-state index in [1.807, 2.05) is 24.3 Å². The topological polar surface area (TPSA) is 21.7 Å². The van der Waals surface area contributed by atoms with Gasteiger partial charge in [0.1, 0.15) is 11.5 Å². The third-order valence-corrected chi connectivity index (χ3v) is 5.25. The first-order valence-corrected chi connectivity index (χ1v) is 10.8. The van der Waals surface area contributed by atoms with Crippen LogP contribution in [0.4, 0.5) is 5.69 Å². The molecule has 0 saturated heterocycles. The maximum atomic E-state index is 5.31. The zero-order chi connectivity index (χ0) is 20.0. The highest BCUT2D eigenvalue weighted by molar-refractivity contribution is 5.49. The number of benzene rings is 2. The lowest BCUT2D eigenvalue weighted by Gasteiger charge is -2.25. The third kappa shape index (κ3) is 7.84. The van der Waals surface area contributed by atoms with Gasteiger partial charge in [-0.3, -0.25) is 0 Å². The summed E-state index contributed by atoms with van der Waals surface area (Å²) in [5.41, 5.74) is 2.55. The average molecular weight is 384 g/mol. The van der Waals surface area contributed by atoms with Crippen molar-refractivity contribution in [2.45, 2.75) is 64.8 Å². The number of rotatable bonds is 14. The van der Waals surface area contributed by atoms with Crippen LogP contribution in [-0.4, -0.2) is 20.8 Å². The second-order valence-electron chi connectivity index (χ2n) is 7.44. The number of methoxy groups -OCH3 is 2. The second kappa shape index (κ2) is 13.1. The monoisotopic (exact) mass is 383 g/mol. The predicted octanol–water partition coefficient (Wildman–Crippen LogP) is 6.85. The minimum absolute atomic E-state index is 0.903. The van der Waals surface area contributed by atoms with E-state index in [9.17, 15) is 0 Å². The fourth-order valence-electron chi connectivity index (χ4n) is 3.48. The average Bonchev–Trinajstić information content (AvgIpc) is 2.75. The van der Waals surface area contributed by atoms with Gasteiger partial charge in [0, 0.05) is 18.8 Å². The summed E-state index contributed by atoms with van der Waals surface area (Å²) in [5, 5.41) is 0. The standard InChI is InChI=1S/C25H37NO2/c1-4-5-6-7-8-9-10-11-20-26(23-14-18-25(28-3)19-15-23)21-22-12-16-24(27-2)17-13-22/h12-19H,4-11,20-21H2,1-3H3. The minimum Gasteiger partial charge on any atom is -0.497 e. The smallest absolute Gasteiger partial charge is 0.119 e. The first-order valence-electron chi connectivity index (χ1n) is 10.8. The van der Waals surface area contributed by atoms with Gasteiger partial charge in [-0.05, 0) is 48.4 Å². The summed E-state index contributed by atoms with van der Waals surface area (Å²) in [6, 6.07) is 16.8. The van der Waals surface area contributed by atoms with E-state index in [-0.39, 0.29) is 0 Å². The quantitative estimate of drug-likeness (QED) is 0.333. The molecule has 0 unspecified atom stereocenters. The normalized spacial score (nSPS) is 10.7. The van der Waals surface area contributed by atoms with Gasteiger partial charge < -0.3 is 14.4 Å². The van der Waals surface area contributed by atoms with Crippen LogP contribution in [0.3, 0.4) is 0 Å². The van der Waals surface area contributed by atoms with Crippen molar-refractivity contribution in [2.24, 2.45) is 0 Å². The largest absolute Gasteiger partial charge is 0.497 e. The molecule has 2 rings (SSSR count). The van der Waals surface area contributed by atoms with Crippen molar-refractivity contribution >= 4 is 5.69 Å². The van der Waals surface area contributed by atoms with Gasteiger partial charge >= 0.3 is 0 Å². The van der Waals surface area contributed by atoms with Gasteiger partial charge in [0.2, 0.25) is 0 Å². The number of nitrogens with zero attached hydrogens (tertiary/aromatic N) is 1. The molecule has 0 spiro atoms. The molecule has 0 atom stereocenters. The minimum atomic E-state index is 0.903. The summed E-state index contributed by atoms with van der Waals surface area (Å²) in [7, 11) is 3.42. The lowest BCUT2D eigenvalue weighted by atomic mass is 10.1. The van der Waals surface area contributed by atoms with Crippen LogP contribution in [0.5, 0.6) is 11.5 Å². The zero-order valence-corrected chi connectivity index (χ0v) is 18.0. The molecular formula is C25H37NO2. The molecule has 0 saturated carbocycles. The maximum absolute atomic E-state index is 5.31. The molecule has 0 fully saturated rings. The van der Waals surface area contributed by atoms with Crippen LogP contribution in [0.2, 0.25) is 0 Å². The Bertz CT molecular complexity index is 637. The van der Waals surface area contributed by atoms with Crippen LogP contribution >= 0.6 is 0 Å². The highest BCUT2D eigenvalue weighted by atomic mass is 16.5. The van der Waals surface area contributed by atoms with E-state index in [0.29, 0.717) is 0 Å². The maximum Gasteiger partial charge on any atom is 0.119 e. The van der Waals surface area contributed by atoms with Crippen molar-refractivity contribution in [3.8, 4) is 11.5 Å². The highest BCUT2D eigenvalue weighted by Crippen LogP contribution is 2.23. The Morgan fingerprint density at radius 3 is 1.68 bits per heavy atom. The van der Waals surface area contributed by atoms with Gasteiger partial charge in [-0.1, -0.05) is 64.0 Å². The van der Waals surface area contributed by atoms with Gasteiger partial charge in [0.25, 0.3) is 0 Å². The van der Waals surface area contributed by atoms with Crippen LogP contribution in [0.1, 0.15) is 63.9 Å². The van der Waals surface area contributed by atoms with Crippen molar-refractivity contribution in [1.82, 2.24) is 0 Å². The van der Waals surface area contributed by atoms with E-state index < -0.39 is 0 Å². The summed E-state index contributed by atoms with van der Waals surface area (Å²) in [6.45, 7) is 4.26. The van der Waals surface area contributed by atoms with Gasteiger partial charge in [-0.25, -0.2) is 0 Å². The molecular weight excluding hydrogens is 346 g/mol. The second-order valence-corrected chi connectivity index (χ2v) is 7.44. The van der Waals surface area contributed by atoms with Crippen molar-refractivity contribution in [2.75, 3.05) is 25.7 Å². The SMILES string of the molecule is CCCCCCCCCCN(Cc1ccc(OC)cc1)c1ccc(OC)cc1. The number of ether oxygens (including phenoxy) is 2. The number of unbranched alkanes of at least 4 members (excludes halogenated alkanes) is 7. The Balaban J connectivity index is 1.89. The Morgan fingerprint density at radius 1 is 0.643 bits per heavy atom. The Labute approximate surface area is 171 Å². The van der Waals surface area contributed by atoms with Crippen molar-refractivity contribution < 1.29 is 9.47 Å². The summed E-state index contributed by atoms with van der Waals surface area (Å²) in [5.74, 6) is 1.81. The summed E-state index contributed by atoms with van der Waals surface area (Å²) in [6.07, 6.45) is 10.8. The lowest BCUT2D eigenvalue weighted by Crippen LogP contribution is -2.23. The van der Waals surface area contributed by atoms with Gasteiger partial charge in [0.05, 0.1) is 14.2 Å². The molecule has 0 aliphatic rings.